The predicted octanol–water partition coefficient (Wildman–Crippen LogP) is 1.81. The number of aliphatic hydroxyl groups excluding tert-OH is 1. The van der Waals surface area contributed by atoms with E-state index < -0.39 is 47.8 Å². The number of alkyl halides is 3. The number of carbonyl (C=O) groups is 3. The molecular weight excluding hydrogens is 427 g/mol. The van der Waals surface area contributed by atoms with E-state index in [1.54, 1.807) is 20.8 Å². The molecule has 172 valence electrons. The molecule has 1 saturated heterocycles. The largest absolute Gasteiger partial charge is 0.573 e. The Morgan fingerprint density at radius 1 is 1.26 bits per heavy atom. The van der Waals surface area contributed by atoms with E-state index in [0.717, 1.165) is 30.2 Å². The second kappa shape index (κ2) is 9.10. The minimum atomic E-state index is -4.99. The van der Waals surface area contributed by atoms with Gasteiger partial charge in [-0.2, -0.15) is 0 Å². The summed E-state index contributed by atoms with van der Waals surface area (Å²) in [6.07, 6.45) is -8.59. The first-order valence-electron chi connectivity index (χ1n) is 9.05. The molecule has 1 heterocycles. The summed E-state index contributed by atoms with van der Waals surface area (Å²) in [5, 5.41) is 10.3. The Balaban J connectivity index is 2.35. The first kappa shape index (κ1) is 24.4. The maximum absolute atomic E-state index is 12.9. The molecule has 1 N–H and O–H groups in total. The van der Waals surface area contributed by atoms with Gasteiger partial charge in [0.2, 0.25) is 0 Å². The normalized spacial score (nSPS) is 18.4. The number of anilines is 1. The quantitative estimate of drug-likeness (QED) is 0.678. The van der Waals surface area contributed by atoms with Gasteiger partial charge in [0, 0.05) is 6.54 Å². The van der Waals surface area contributed by atoms with Crippen molar-refractivity contribution in [2.45, 2.75) is 44.9 Å². The monoisotopic (exact) mass is 449 g/mol. The highest BCUT2D eigenvalue weighted by Gasteiger charge is 2.42. The summed E-state index contributed by atoms with van der Waals surface area (Å²) in [5.74, 6) is -3.69. The van der Waals surface area contributed by atoms with Crippen molar-refractivity contribution in [3.63, 3.8) is 0 Å². The molecule has 0 spiro atoms. The van der Waals surface area contributed by atoms with Gasteiger partial charge in [0.05, 0.1) is 25.0 Å². The number of nitrogens with zero attached hydrogens (tertiary/aromatic N) is 1. The van der Waals surface area contributed by atoms with Crippen LogP contribution in [0.5, 0.6) is 5.75 Å². The SMILES string of the molecule is COC(=O)c1cc(OC(F)(F)F)ccc1N1CCO[C@H]([C@@H](O)C(=O)OC(C)(C)C)C1=O. The van der Waals surface area contributed by atoms with Crippen LogP contribution in [0.4, 0.5) is 18.9 Å². The molecule has 1 aromatic rings. The second-order valence-electron chi connectivity index (χ2n) is 7.48. The Bertz CT molecular complexity index is 850. The maximum Gasteiger partial charge on any atom is 0.573 e. The topological polar surface area (TPSA) is 112 Å². The van der Waals surface area contributed by atoms with Crippen LogP contribution in [0.25, 0.3) is 0 Å². The van der Waals surface area contributed by atoms with Crippen LogP contribution in [0.3, 0.4) is 0 Å². The van der Waals surface area contributed by atoms with Crippen LogP contribution in [-0.2, 0) is 23.8 Å². The van der Waals surface area contributed by atoms with Crippen molar-refractivity contribution in [2.24, 2.45) is 0 Å². The van der Waals surface area contributed by atoms with Crippen molar-refractivity contribution >= 4 is 23.5 Å². The molecule has 0 aromatic heterocycles. The smallest absolute Gasteiger partial charge is 0.465 e. The van der Waals surface area contributed by atoms with Gasteiger partial charge in [-0.25, -0.2) is 9.59 Å². The number of ether oxygens (including phenoxy) is 4. The maximum atomic E-state index is 12.9. The lowest BCUT2D eigenvalue weighted by Gasteiger charge is -2.35. The van der Waals surface area contributed by atoms with Gasteiger partial charge >= 0.3 is 18.3 Å². The molecule has 1 fully saturated rings. The lowest BCUT2D eigenvalue weighted by atomic mass is 10.1. The number of aliphatic hydroxyl groups is 1. The highest BCUT2D eigenvalue weighted by Crippen LogP contribution is 2.31. The number of rotatable bonds is 5. The molecule has 1 aliphatic rings. The number of benzene rings is 1. The molecule has 1 aromatic carbocycles. The standard InChI is InChI=1S/C19H22F3NO8/c1-18(2,3)31-17(27)13(24)14-15(25)23(7-8-29-14)12-6-5-10(30-19(20,21)22)9-11(12)16(26)28-4/h5-6,9,13-14,24H,7-8H2,1-4H3/t13-,14-/m1/s1. The molecule has 0 saturated carbocycles. The third-order valence-corrected chi connectivity index (χ3v) is 3.95. The van der Waals surface area contributed by atoms with E-state index >= 15 is 0 Å². The lowest BCUT2D eigenvalue weighted by molar-refractivity contribution is -0.274. The molecule has 1 aliphatic heterocycles. The number of hydrogen-bond donors (Lipinski definition) is 1. The minimum Gasteiger partial charge on any atom is -0.465 e. The zero-order valence-corrected chi connectivity index (χ0v) is 17.2. The number of methoxy groups -OCH3 is 1. The van der Waals surface area contributed by atoms with Crippen molar-refractivity contribution in [1.82, 2.24) is 0 Å². The van der Waals surface area contributed by atoms with Gasteiger partial charge in [-0.3, -0.25) is 4.79 Å². The van der Waals surface area contributed by atoms with Crippen molar-refractivity contribution in [3.8, 4) is 5.75 Å². The lowest BCUT2D eigenvalue weighted by Crippen LogP contribution is -2.55. The first-order valence-corrected chi connectivity index (χ1v) is 9.05. The van der Waals surface area contributed by atoms with E-state index in [9.17, 15) is 32.7 Å². The fourth-order valence-corrected chi connectivity index (χ4v) is 2.78. The molecule has 2 rings (SSSR count). The summed E-state index contributed by atoms with van der Waals surface area (Å²) in [4.78, 5) is 38.1. The summed E-state index contributed by atoms with van der Waals surface area (Å²) >= 11 is 0. The predicted molar refractivity (Wildman–Crippen MR) is 98.4 cm³/mol. The zero-order valence-electron chi connectivity index (χ0n) is 17.2. The Labute approximate surface area is 175 Å². The highest BCUT2D eigenvalue weighted by atomic mass is 19.4. The van der Waals surface area contributed by atoms with Gasteiger partial charge in [0.1, 0.15) is 11.4 Å². The number of hydrogen-bond acceptors (Lipinski definition) is 8. The van der Waals surface area contributed by atoms with Crippen LogP contribution in [0, 0.1) is 0 Å². The summed E-state index contributed by atoms with van der Waals surface area (Å²) < 4.78 is 56.2. The van der Waals surface area contributed by atoms with Gasteiger partial charge < -0.3 is 29.0 Å². The van der Waals surface area contributed by atoms with Crippen LogP contribution < -0.4 is 9.64 Å². The summed E-state index contributed by atoms with van der Waals surface area (Å²) in [7, 11) is 1.01. The van der Waals surface area contributed by atoms with Crippen LogP contribution in [0.15, 0.2) is 18.2 Å². The molecule has 0 radical (unpaired) electrons. The average molecular weight is 449 g/mol. The van der Waals surface area contributed by atoms with E-state index in [1.165, 1.54) is 0 Å². The minimum absolute atomic E-state index is 0.0974. The van der Waals surface area contributed by atoms with E-state index in [2.05, 4.69) is 9.47 Å². The van der Waals surface area contributed by atoms with Gasteiger partial charge in [-0.05, 0) is 39.0 Å². The Morgan fingerprint density at radius 2 is 1.90 bits per heavy atom. The van der Waals surface area contributed by atoms with E-state index in [0.29, 0.717) is 0 Å². The van der Waals surface area contributed by atoms with E-state index in [-0.39, 0.29) is 24.4 Å². The zero-order chi connectivity index (χ0) is 23.6. The molecule has 2 atom stereocenters. The van der Waals surface area contributed by atoms with Crippen LogP contribution in [-0.4, -0.2) is 67.4 Å². The summed E-state index contributed by atoms with van der Waals surface area (Å²) in [6, 6.07) is 2.75. The molecule has 0 unspecified atom stereocenters. The van der Waals surface area contributed by atoms with Crippen molar-refractivity contribution in [1.29, 1.82) is 0 Å². The van der Waals surface area contributed by atoms with Gasteiger partial charge in [0.15, 0.2) is 12.2 Å². The Kier molecular flexibility index (Phi) is 7.17. The van der Waals surface area contributed by atoms with Crippen LogP contribution >= 0.6 is 0 Å². The Hall–Kier alpha value is -2.86. The molecule has 1 amide bonds. The highest BCUT2D eigenvalue weighted by molar-refractivity contribution is 6.05. The van der Waals surface area contributed by atoms with Gasteiger partial charge in [-0.1, -0.05) is 0 Å². The van der Waals surface area contributed by atoms with Gasteiger partial charge in [-0.15, -0.1) is 13.2 Å². The fraction of sp³-hybridized carbons (Fsp3) is 0.526. The van der Waals surface area contributed by atoms with Gasteiger partial charge in [0.25, 0.3) is 5.91 Å². The number of carbonyl (C=O) groups excluding carboxylic acids is 3. The van der Waals surface area contributed by atoms with Crippen molar-refractivity contribution in [2.75, 3.05) is 25.2 Å². The summed E-state index contributed by atoms with van der Waals surface area (Å²) in [6.45, 7) is 4.49. The van der Waals surface area contributed by atoms with E-state index in [4.69, 9.17) is 9.47 Å². The number of amides is 1. The Morgan fingerprint density at radius 3 is 2.45 bits per heavy atom. The van der Waals surface area contributed by atoms with Crippen LogP contribution in [0.1, 0.15) is 31.1 Å². The molecule has 9 nitrogen and oxygen atoms in total. The molecule has 0 aliphatic carbocycles. The summed E-state index contributed by atoms with van der Waals surface area (Å²) in [5.41, 5.74) is -1.41. The number of esters is 2. The van der Waals surface area contributed by atoms with Crippen LogP contribution in [0.2, 0.25) is 0 Å². The second-order valence-corrected chi connectivity index (χ2v) is 7.48. The first-order chi connectivity index (χ1) is 14.2. The molecule has 0 bridgehead atoms. The van der Waals surface area contributed by atoms with Crippen molar-refractivity contribution in [3.05, 3.63) is 23.8 Å². The number of halogens is 3. The number of morpholine rings is 1. The van der Waals surface area contributed by atoms with Crippen molar-refractivity contribution < 1.29 is 51.6 Å². The average Bonchev–Trinajstić information content (AvgIpc) is 2.64. The third-order valence-electron chi connectivity index (χ3n) is 3.95. The molecule has 12 heteroatoms. The molecule has 31 heavy (non-hydrogen) atoms. The fourth-order valence-electron chi connectivity index (χ4n) is 2.78. The third kappa shape index (κ3) is 6.31. The van der Waals surface area contributed by atoms with E-state index in [1.807, 2.05) is 0 Å². The molecular formula is C19H22F3NO8.